The second-order valence-corrected chi connectivity index (χ2v) is 9.50. The monoisotopic (exact) mass is 502 g/mol. The molecule has 5 nitrogen and oxygen atoms in total. The number of hydrogen-bond acceptors (Lipinski definition) is 3. The third-order valence-electron chi connectivity index (χ3n) is 7.05. The highest BCUT2D eigenvalue weighted by Gasteiger charge is 2.25. The largest absolute Gasteiger partial charge is 0.434 e. The lowest BCUT2D eigenvalue weighted by atomic mass is 9.91. The van der Waals surface area contributed by atoms with Crippen LogP contribution in [0.3, 0.4) is 0 Å². The van der Waals surface area contributed by atoms with Crippen LogP contribution in [-0.2, 0) is 0 Å². The molecule has 0 bridgehead atoms. The van der Waals surface area contributed by atoms with Crippen LogP contribution in [0.25, 0.3) is 22.2 Å². The number of halogens is 4. The first-order valence-corrected chi connectivity index (χ1v) is 12.2. The predicted molar refractivity (Wildman–Crippen MR) is 130 cm³/mol. The van der Waals surface area contributed by atoms with Gasteiger partial charge < -0.3 is 9.72 Å². The van der Waals surface area contributed by atoms with Crippen molar-refractivity contribution in [3.63, 3.8) is 0 Å². The fourth-order valence-electron chi connectivity index (χ4n) is 5.24. The van der Waals surface area contributed by atoms with E-state index in [2.05, 4.69) is 31.4 Å². The molecule has 184 valence electrons. The first kappa shape index (κ1) is 23.7. The maximum absolute atomic E-state index is 14.3. The number of benzene rings is 1. The minimum atomic E-state index is -3.05. The summed E-state index contributed by atoms with van der Waals surface area (Å²) in [4.78, 5) is 7.70. The summed E-state index contributed by atoms with van der Waals surface area (Å²) in [6.45, 7) is 0.797. The second-order valence-electron chi connectivity index (χ2n) is 9.12. The first-order chi connectivity index (χ1) is 16.8. The summed E-state index contributed by atoms with van der Waals surface area (Å²) in [6.07, 6.45) is 11.4. The van der Waals surface area contributed by atoms with Gasteiger partial charge in [0.25, 0.3) is 0 Å². The zero-order valence-electron chi connectivity index (χ0n) is 19.5. The highest BCUT2D eigenvalue weighted by Crippen LogP contribution is 2.42. The number of alkyl halides is 2. The van der Waals surface area contributed by atoms with Crippen LogP contribution in [0, 0.1) is 12.7 Å². The standard InChI is InChI=1S/C26H26ClF3N4O/c1-14(23-22(35-26(29)30)9-8-21(28)24(23)27)19-12-32-25-18(19)10-16(11-31-25)20-13-33-34(15(20)2)17-6-4-3-5-7-17/h8-14,17,26H,3-7H2,1-2H3,(H,31,32). The summed E-state index contributed by atoms with van der Waals surface area (Å²) in [7, 11) is 0. The van der Waals surface area contributed by atoms with Crippen molar-refractivity contribution in [1.82, 2.24) is 19.7 Å². The molecule has 1 aliphatic rings. The Bertz CT molecular complexity index is 1360. The van der Waals surface area contributed by atoms with Crippen molar-refractivity contribution in [3.8, 4) is 16.9 Å². The van der Waals surface area contributed by atoms with Crippen molar-refractivity contribution in [2.75, 3.05) is 0 Å². The number of fused-ring (bicyclic) bond motifs is 1. The molecule has 0 spiro atoms. The molecule has 1 unspecified atom stereocenters. The normalized spacial score (nSPS) is 15.7. The zero-order chi connectivity index (χ0) is 24.7. The van der Waals surface area contributed by atoms with Gasteiger partial charge in [-0.15, -0.1) is 0 Å². The summed E-state index contributed by atoms with van der Waals surface area (Å²) >= 11 is 6.23. The molecule has 4 aromatic rings. The highest BCUT2D eigenvalue weighted by atomic mass is 35.5. The van der Waals surface area contributed by atoms with Gasteiger partial charge in [-0.25, -0.2) is 9.37 Å². The van der Waals surface area contributed by atoms with Crippen LogP contribution in [0.2, 0.25) is 5.02 Å². The Labute approximate surface area is 206 Å². The van der Waals surface area contributed by atoms with E-state index in [0.717, 1.165) is 46.7 Å². The van der Waals surface area contributed by atoms with Crippen molar-refractivity contribution >= 4 is 22.6 Å². The van der Waals surface area contributed by atoms with Gasteiger partial charge in [0.15, 0.2) is 0 Å². The van der Waals surface area contributed by atoms with Crippen LogP contribution in [0.5, 0.6) is 5.75 Å². The summed E-state index contributed by atoms with van der Waals surface area (Å²) in [5, 5.41) is 5.24. The lowest BCUT2D eigenvalue weighted by Crippen LogP contribution is -2.15. The Morgan fingerprint density at radius 2 is 1.94 bits per heavy atom. The highest BCUT2D eigenvalue weighted by molar-refractivity contribution is 6.31. The molecule has 0 saturated heterocycles. The molecule has 35 heavy (non-hydrogen) atoms. The van der Waals surface area contributed by atoms with Crippen molar-refractivity contribution < 1.29 is 17.9 Å². The van der Waals surface area contributed by atoms with Gasteiger partial charge in [-0.05, 0) is 43.5 Å². The maximum atomic E-state index is 14.3. The molecule has 1 fully saturated rings. The fourth-order valence-corrected chi connectivity index (χ4v) is 5.56. The number of nitrogens with zero attached hydrogens (tertiary/aromatic N) is 3. The van der Waals surface area contributed by atoms with Gasteiger partial charge in [-0.2, -0.15) is 13.9 Å². The quantitative estimate of drug-likeness (QED) is 0.293. The number of aromatic nitrogens is 4. The molecule has 0 radical (unpaired) electrons. The Kier molecular flexibility index (Phi) is 6.49. The van der Waals surface area contributed by atoms with E-state index in [-0.39, 0.29) is 16.3 Å². The first-order valence-electron chi connectivity index (χ1n) is 11.8. The molecule has 5 rings (SSSR count). The Hall–Kier alpha value is -3.00. The van der Waals surface area contributed by atoms with Crippen molar-refractivity contribution in [2.24, 2.45) is 0 Å². The lowest BCUT2D eigenvalue weighted by Gasteiger charge is -2.23. The molecule has 1 saturated carbocycles. The molecule has 3 aromatic heterocycles. The van der Waals surface area contributed by atoms with E-state index in [1.54, 1.807) is 19.3 Å². The van der Waals surface area contributed by atoms with Crippen LogP contribution >= 0.6 is 11.6 Å². The molecule has 0 amide bonds. The Morgan fingerprint density at radius 1 is 1.17 bits per heavy atom. The van der Waals surface area contributed by atoms with Crippen LogP contribution in [0.15, 0.2) is 36.8 Å². The number of pyridine rings is 1. The number of rotatable bonds is 6. The number of H-pyrrole nitrogens is 1. The molecular formula is C26H26ClF3N4O. The molecule has 3 heterocycles. The van der Waals surface area contributed by atoms with Gasteiger partial charge in [0.05, 0.1) is 17.3 Å². The van der Waals surface area contributed by atoms with Gasteiger partial charge in [0.2, 0.25) is 0 Å². The summed E-state index contributed by atoms with van der Waals surface area (Å²) < 4.78 is 47.1. The second kappa shape index (κ2) is 9.57. The number of nitrogens with one attached hydrogen (secondary N) is 1. The van der Waals surface area contributed by atoms with Crippen LogP contribution in [0.1, 0.15) is 67.8 Å². The van der Waals surface area contributed by atoms with Gasteiger partial charge >= 0.3 is 6.61 Å². The molecule has 1 aromatic carbocycles. The molecular weight excluding hydrogens is 477 g/mol. The fraction of sp³-hybridized carbons (Fsp3) is 0.385. The summed E-state index contributed by atoms with van der Waals surface area (Å²) in [5.41, 5.74) is 4.54. The number of ether oxygens (including phenoxy) is 1. The van der Waals surface area contributed by atoms with Crippen molar-refractivity contribution in [2.45, 2.75) is 64.5 Å². The van der Waals surface area contributed by atoms with E-state index in [0.29, 0.717) is 11.7 Å². The topological polar surface area (TPSA) is 55.7 Å². The van der Waals surface area contributed by atoms with E-state index in [1.807, 2.05) is 12.3 Å². The van der Waals surface area contributed by atoms with Crippen molar-refractivity contribution in [1.29, 1.82) is 0 Å². The van der Waals surface area contributed by atoms with E-state index >= 15 is 0 Å². The van der Waals surface area contributed by atoms with Gasteiger partial charge in [-0.1, -0.05) is 37.8 Å². The van der Waals surface area contributed by atoms with Gasteiger partial charge in [0.1, 0.15) is 17.2 Å². The maximum Gasteiger partial charge on any atom is 0.387 e. The minimum absolute atomic E-state index is 0.151. The van der Waals surface area contributed by atoms with Gasteiger partial charge in [-0.3, -0.25) is 4.68 Å². The summed E-state index contributed by atoms with van der Waals surface area (Å²) in [5.74, 6) is -1.38. The Morgan fingerprint density at radius 3 is 2.69 bits per heavy atom. The van der Waals surface area contributed by atoms with Crippen LogP contribution < -0.4 is 4.74 Å². The smallest absolute Gasteiger partial charge is 0.387 e. The third-order valence-corrected chi connectivity index (χ3v) is 7.43. The average Bonchev–Trinajstić information content (AvgIpc) is 3.44. The Balaban J connectivity index is 1.55. The van der Waals surface area contributed by atoms with Gasteiger partial charge in [0, 0.05) is 46.1 Å². The van der Waals surface area contributed by atoms with E-state index in [4.69, 9.17) is 11.6 Å². The number of aromatic amines is 1. The average molecular weight is 503 g/mol. The molecule has 1 N–H and O–H groups in total. The van der Waals surface area contributed by atoms with E-state index < -0.39 is 18.3 Å². The van der Waals surface area contributed by atoms with Crippen molar-refractivity contribution in [3.05, 3.63) is 64.5 Å². The van der Waals surface area contributed by atoms with E-state index in [9.17, 15) is 13.2 Å². The predicted octanol–water partition coefficient (Wildman–Crippen LogP) is 7.79. The number of hydrogen-bond donors (Lipinski definition) is 1. The summed E-state index contributed by atoms with van der Waals surface area (Å²) in [6, 6.07) is 4.62. The molecule has 1 aliphatic carbocycles. The SMILES string of the molecule is Cc1c(-c2cnc3[nH]cc(C(C)c4c(OC(F)F)ccc(F)c4Cl)c3c2)cnn1C1CCCCC1. The third kappa shape index (κ3) is 4.40. The molecule has 9 heteroatoms. The zero-order valence-corrected chi connectivity index (χ0v) is 20.2. The van der Waals surface area contributed by atoms with Crippen LogP contribution in [-0.4, -0.2) is 26.4 Å². The molecule has 0 aliphatic heterocycles. The van der Waals surface area contributed by atoms with E-state index in [1.165, 1.54) is 25.3 Å². The minimum Gasteiger partial charge on any atom is -0.434 e. The molecule has 1 atom stereocenters. The van der Waals surface area contributed by atoms with Crippen LogP contribution in [0.4, 0.5) is 13.2 Å². The lowest BCUT2D eigenvalue weighted by molar-refractivity contribution is -0.0505.